The van der Waals surface area contributed by atoms with E-state index in [9.17, 15) is 13.2 Å². The summed E-state index contributed by atoms with van der Waals surface area (Å²) < 4.78 is 29.8. The van der Waals surface area contributed by atoms with Gasteiger partial charge >= 0.3 is 0 Å². The molecular weight excluding hydrogens is 418 g/mol. The summed E-state index contributed by atoms with van der Waals surface area (Å²) in [6.07, 6.45) is 0. The molecule has 11 heteroatoms. The fourth-order valence-corrected chi connectivity index (χ4v) is 4.61. The first kappa shape index (κ1) is 20.4. The number of benzene rings is 1. The van der Waals surface area contributed by atoms with E-state index in [-0.39, 0.29) is 23.5 Å². The quantitative estimate of drug-likeness (QED) is 0.469. The number of amides is 1. The third-order valence-corrected chi connectivity index (χ3v) is 6.57. The number of sulfonamides is 1. The van der Waals surface area contributed by atoms with Crippen molar-refractivity contribution >= 4 is 39.5 Å². The van der Waals surface area contributed by atoms with Gasteiger partial charge in [-0.3, -0.25) is 9.89 Å². The SMILES string of the molecule is CCn1c(CNC(=O)c2cccc(S(=O)(=O)NCc3cccs3)c2)n[nH]c1=S. The Labute approximate surface area is 171 Å². The molecule has 0 aliphatic rings. The molecule has 2 aromatic heterocycles. The molecule has 3 aromatic rings. The number of hydrogen-bond donors (Lipinski definition) is 3. The maximum atomic E-state index is 12.5. The van der Waals surface area contributed by atoms with Gasteiger partial charge in [-0.15, -0.1) is 11.3 Å². The van der Waals surface area contributed by atoms with Gasteiger partial charge in [0.25, 0.3) is 5.91 Å². The van der Waals surface area contributed by atoms with Crippen LogP contribution < -0.4 is 10.0 Å². The monoisotopic (exact) mass is 437 g/mol. The van der Waals surface area contributed by atoms with E-state index >= 15 is 0 Å². The normalized spacial score (nSPS) is 11.5. The van der Waals surface area contributed by atoms with Crippen molar-refractivity contribution in [3.05, 3.63) is 62.8 Å². The van der Waals surface area contributed by atoms with Crippen LogP contribution in [0.5, 0.6) is 0 Å². The predicted octanol–water partition coefficient (Wildman–Crippen LogP) is 2.43. The van der Waals surface area contributed by atoms with Crippen LogP contribution in [0.1, 0.15) is 28.0 Å². The lowest BCUT2D eigenvalue weighted by Gasteiger charge is -2.09. The molecule has 3 N–H and O–H groups in total. The molecule has 0 unspecified atom stereocenters. The fourth-order valence-electron chi connectivity index (χ4n) is 2.54. The van der Waals surface area contributed by atoms with E-state index in [0.29, 0.717) is 17.1 Å². The second-order valence-electron chi connectivity index (χ2n) is 5.80. The van der Waals surface area contributed by atoms with Gasteiger partial charge in [-0.1, -0.05) is 12.1 Å². The highest BCUT2D eigenvalue weighted by molar-refractivity contribution is 7.89. The van der Waals surface area contributed by atoms with E-state index in [1.165, 1.54) is 29.5 Å². The van der Waals surface area contributed by atoms with Crippen LogP contribution in [0.25, 0.3) is 0 Å². The van der Waals surface area contributed by atoms with E-state index in [1.54, 1.807) is 10.6 Å². The summed E-state index contributed by atoms with van der Waals surface area (Å²) in [5.74, 6) is 0.203. The van der Waals surface area contributed by atoms with Crippen LogP contribution in [-0.2, 0) is 29.7 Å². The molecule has 28 heavy (non-hydrogen) atoms. The molecule has 0 aliphatic heterocycles. The molecule has 0 spiro atoms. The maximum absolute atomic E-state index is 12.5. The van der Waals surface area contributed by atoms with Gasteiger partial charge in [0.15, 0.2) is 10.6 Å². The van der Waals surface area contributed by atoms with Crippen LogP contribution in [0.3, 0.4) is 0 Å². The van der Waals surface area contributed by atoms with Gasteiger partial charge in [0.2, 0.25) is 10.0 Å². The number of aromatic nitrogens is 3. The first-order valence-electron chi connectivity index (χ1n) is 8.45. The molecule has 0 atom stereocenters. The number of aromatic amines is 1. The Morgan fingerprint density at radius 2 is 2.11 bits per heavy atom. The van der Waals surface area contributed by atoms with Crippen LogP contribution in [-0.4, -0.2) is 29.1 Å². The van der Waals surface area contributed by atoms with Gasteiger partial charge in [0.05, 0.1) is 11.4 Å². The number of carbonyl (C=O) groups excluding carboxylic acids is 1. The number of rotatable bonds is 8. The molecule has 148 valence electrons. The molecule has 1 amide bonds. The molecule has 0 radical (unpaired) electrons. The van der Waals surface area contributed by atoms with Crippen molar-refractivity contribution in [2.24, 2.45) is 0 Å². The second kappa shape index (κ2) is 8.78. The molecule has 0 aliphatic carbocycles. The van der Waals surface area contributed by atoms with Crippen LogP contribution in [0.2, 0.25) is 0 Å². The predicted molar refractivity (Wildman–Crippen MR) is 109 cm³/mol. The van der Waals surface area contributed by atoms with E-state index in [4.69, 9.17) is 12.2 Å². The van der Waals surface area contributed by atoms with Crippen LogP contribution in [0.15, 0.2) is 46.7 Å². The number of H-pyrrole nitrogens is 1. The number of nitrogens with zero attached hydrogens (tertiary/aromatic N) is 2. The van der Waals surface area contributed by atoms with Crippen LogP contribution in [0, 0.1) is 4.77 Å². The minimum atomic E-state index is -3.73. The van der Waals surface area contributed by atoms with E-state index < -0.39 is 15.9 Å². The minimum Gasteiger partial charge on any atom is -0.345 e. The van der Waals surface area contributed by atoms with Crippen LogP contribution in [0.4, 0.5) is 0 Å². The highest BCUT2D eigenvalue weighted by Gasteiger charge is 2.17. The average molecular weight is 438 g/mol. The molecule has 3 rings (SSSR count). The van der Waals surface area contributed by atoms with Crippen molar-refractivity contribution in [1.82, 2.24) is 24.8 Å². The summed E-state index contributed by atoms with van der Waals surface area (Å²) >= 11 is 6.58. The number of nitrogens with one attached hydrogen (secondary N) is 3. The zero-order valence-electron chi connectivity index (χ0n) is 15.0. The smallest absolute Gasteiger partial charge is 0.251 e. The van der Waals surface area contributed by atoms with Crippen LogP contribution >= 0.6 is 23.6 Å². The summed E-state index contributed by atoms with van der Waals surface area (Å²) in [4.78, 5) is 13.4. The molecule has 0 saturated carbocycles. The van der Waals surface area contributed by atoms with Gasteiger partial charge < -0.3 is 9.88 Å². The van der Waals surface area contributed by atoms with Crippen molar-refractivity contribution in [1.29, 1.82) is 0 Å². The lowest BCUT2D eigenvalue weighted by Crippen LogP contribution is -2.26. The van der Waals surface area contributed by atoms with Gasteiger partial charge in [-0.05, 0) is 48.8 Å². The molecule has 2 heterocycles. The fraction of sp³-hybridized carbons (Fsp3) is 0.235. The lowest BCUT2D eigenvalue weighted by atomic mass is 10.2. The largest absolute Gasteiger partial charge is 0.345 e. The van der Waals surface area contributed by atoms with Crippen molar-refractivity contribution in [2.45, 2.75) is 31.5 Å². The summed E-state index contributed by atoms with van der Waals surface area (Å²) in [7, 11) is -3.73. The minimum absolute atomic E-state index is 0.0351. The summed E-state index contributed by atoms with van der Waals surface area (Å²) in [5, 5.41) is 11.4. The highest BCUT2D eigenvalue weighted by Crippen LogP contribution is 2.14. The lowest BCUT2D eigenvalue weighted by molar-refractivity contribution is 0.0949. The molecule has 0 bridgehead atoms. The summed E-state index contributed by atoms with van der Waals surface area (Å²) in [5.41, 5.74) is 0.246. The third kappa shape index (κ3) is 4.73. The van der Waals surface area contributed by atoms with E-state index in [2.05, 4.69) is 20.2 Å². The van der Waals surface area contributed by atoms with Crippen molar-refractivity contribution in [2.75, 3.05) is 0 Å². The Morgan fingerprint density at radius 1 is 1.29 bits per heavy atom. The molecule has 0 fully saturated rings. The standard InChI is InChI=1S/C17H19N5O3S3/c1-2-22-15(20-21-17(22)26)11-18-16(23)12-5-3-7-14(9-12)28(24,25)19-10-13-6-4-8-27-13/h3-9,19H,2,10-11H2,1H3,(H,18,23)(H,21,26). The topological polar surface area (TPSA) is 109 Å². The second-order valence-corrected chi connectivity index (χ2v) is 8.99. The first-order valence-corrected chi connectivity index (χ1v) is 11.2. The van der Waals surface area contributed by atoms with Crippen molar-refractivity contribution in [3.8, 4) is 0 Å². The van der Waals surface area contributed by atoms with Gasteiger partial charge in [0.1, 0.15) is 0 Å². The number of hydrogen-bond acceptors (Lipinski definition) is 6. The van der Waals surface area contributed by atoms with Gasteiger partial charge in [0, 0.05) is 23.5 Å². The van der Waals surface area contributed by atoms with E-state index in [0.717, 1.165) is 4.88 Å². The van der Waals surface area contributed by atoms with E-state index in [1.807, 2.05) is 24.4 Å². The molecule has 0 saturated heterocycles. The average Bonchev–Trinajstić information content (AvgIpc) is 3.34. The Morgan fingerprint density at radius 3 is 2.82 bits per heavy atom. The zero-order valence-corrected chi connectivity index (χ0v) is 17.5. The van der Waals surface area contributed by atoms with Gasteiger partial charge in [-0.25, -0.2) is 13.1 Å². The van der Waals surface area contributed by atoms with Gasteiger partial charge in [-0.2, -0.15) is 5.10 Å². The number of carbonyl (C=O) groups is 1. The zero-order chi connectivity index (χ0) is 20.1. The maximum Gasteiger partial charge on any atom is 0.251 e. The highest BCUT2D eigenvalue weighted by atomic mass is 32.2. The molecular formula is C17H19N5O3S3. The Kier molecular flexibility index (Phi) is 6.39. The third-order valence-electron chi connectivity index (χ3n) is 3.98. The van der Waals surface area contributed by atoms with Crippen molar-refractivity contribution < 1.29 is 13.2 Å². The Bertz CT molecular complexity index is 1120. The first-order chi connectivity index (χ1) is 13.4. The van der Waals surface area contributed by atoms with Crippen molar-refractivity contribution in [3.63, 3.8) is 0 Å². The molecule has 8 nitrogen and oxygen atoms in total. The Balaban J connectivity index is 1.69. The Hall–Kier alpha value is -2.34. The molecule has 1 aromatic carbocycles. The summed E-state index contributed by atoms with van der Waals surface area (Å²) in [6.45, 7) is 2.93. The number of thiophene rings is 1. The summed E-state index contributed by atoms with van der Waals surface area (Å²) in [6, 6.07) is 9.61.